The van der Waals surface area contributed by atoms with Gasteiger partial charge in [0, 0.05) is 13.1 Å². The van der Waals surface area contributed by atoms with Crippen molar-refractivity contribution in [1.29, 1.82) is 0 Å². The van der Waals surface area contributed by atoms with Crippen LogP contribution in [-0.2, 0) is 6.54 Å². The Morgan fingerprint density at radius 1 is 1.38 bits per heavy atom. The van der Waals surface area contributed by atoms with E-state index in [2.05, 4.69) is 11.0 Å². The van der Waals surface area contributed by atoms with Crippen LogP contribution in [0, 0.1) is 0 Å². The van der Waals surface area contributed by atoms with Gasteiger partial charge < -0.3 is 9.84 Å². The smallest absolute Gasteiger partial charge is 0.119 e. The SMILES string of the molecule is COc1cccc(CN(C)CC(C)(C)O)c1. The van der Waals surface area contributed by atoms with E-state index in [1.165, 1.54) is 5.56 Å². The number of benzene rings is 1. The van der Waals surface area contributed by atoms with Gasteiger partial charge in [-0.15, -0.1) is 0 Å². The van der Waals surface area contributed by atoms with Gasteiger partial charge in [-0.1, -0.05) is 12.1 Å². The highest BCUT2D eigenvalue weighted by molar-refractivity contribution is 5.28. The van der Waals surface area contributed by atoms with Gasteiger partial charge in [0.2, 0.25) is 0 Å². The van der Waals surface area contributed by atoms with Crippen LogP contribution in [0.2, 0.25) is 0 Å². The lowest BCUT2D eigenvalue weighted by Crippen LogP contribution is -2.35. The molecule has 3 nitrogen and oxygen atoms in total. The second kappa shape index (κ2) is 5.32. The molecule has 3 heteroatoms. The first-order valence-corrected chi connectivity index (χ1v) is 5.44. The molecule has 0 saturated heterocycles. The van der Waals surface area contributed by atoms with Crippen molar-refractivity contribution in [3.05, 3.63) is 29.8 Å². The third-order valence-corrected chi connectivity index (χ3v) is 2.24. The summed E-state index contributed by atoms with van der Waals surface area (Å²) in [6.07, 6.45) is 0. The Kier molecular flexibility index (Phi) is 4.33. The highest BCUT2D eigenvalue weighted by Gasteiger charge is 2.15. The van der Waals surface area contributed by atoms with Crippen LogP contribution in [0.25, 0.3) is 0 Å². The molecule has 1 aromatic rings. The number of likely N-dealkylation sites (N-methyl/N-ethyl adjacent to an activating group) is 1. The second-order valence-corrected chi connectivity index (χ2v) is 4.84. The van der Waals surface area contributed by atoms with Crippen LogP contribution in [0.3, 0.4) is 0 Å². The molecular weight excluding hydrogens is 202 g/mol. The molecule has 0 aliphatic rings. The van der Waals surface area contributed by atoms with Crippen molar-refractivity contribution in [2.24, 2.45) is 0 Å². The second-order valence-electron chi connectivity index (χ2n) is 4.84. The molecule has 0 saturated carbocycles. The van der Waals surface area contributed by atoms with Gasteiger partial charge in [-0.05, 0) is 38.6 Å². The number of aliphatic hydroxyl groups is 1. The zero-order valence-corrected chi connectivity index (χ0v) is 10.5. The summed E-state index contributed by atoms with van der Waals surface area (Å²) < 4.78 is 5.17. The van der Waals surface area contributed by atoms with Crippen LogP contribution in [0.1, 0.15) is 19.4 Å². The summed E-state index contributed by atoms with van der Waals surface area (Å²) in [5.74, 6) is 0.870. The van der Waals surface area contributed by atoms with Crippen LogP contribution >= 0.6 is 0 Å². The van der Waals surface area contributed by atoms with Gasteiger partial charge in [0.25, 0.3) is 0 Å². The number of hydrogen-bond acceptors (Lipinski definition) is 3. The van der Waals surface area contributed by atoms with E-state index in [0.717, 1.165) is 12.3 Å². The molecular formula is C13H21NO2. The van der Waals surface area contributed by atoms with Crippen LogP contribution in [0.15, 0.2) is 24.3 Å². The predicted molar refractivity (Wildman–Crippen MR) is 65.6 cm³/mol. The fraction of sp³-hybridized carbons (Fsp3) is 0.538. The minimum atomic E-state index is -0.659. The quantitative estimate of drug-likeness (QED) is 0.827. The number of nitrogens with zero attached hydrogens (tertiary/aromatic N) is 1. The maximum absolute atomic E-state index is 9.70. The lowest BCUT2D eigenvalue weighted by molar-refractivity contribution is 0.0425. The Hall–Kier alpha value is -1.06. The van der Waals surface area contributed by atoms with Gasteiger partial charge in [0.15, 0.2) is 0 Å². The number of ether oxygens (including phenoxy) is 1. The van der Waals surface area contributed by atoms with Gasteiger partial charge >= 0.3 is 0 Å². The van der Waals surface area contributed by atoms with Crippen molar-refractivity contribution < 1.29 is 9.84 Å². The standard InChI is InChI=1S/C13H21NO2/c1-13(2,15)10-14(3)9-11-6-5-7-12(8-11)16-4/h5-8,15H,9-10H2,1-4H3. The Morgan fingerprint density at radius 3 is 2.62 bits per heavy atom. The molecule has 0 unspecified atom stereocenters. The van der Waals surface area contributed by atoms with E-state index in [4.69, 9.17) is 4.74 Å². The summed E-state index contributed by atoms with van der Waals surface area (Å²) in [5, 5.41) is 9.70. The van der Waals surface area contributed by atoms with Gasteiger partial charge in [-0.3, -0.25) is 4.90 Å². The van der Waals surface area contributed by atoms with Gasteiger partial charge in [0.1, 0.15) is 5.75 Å². The van der Waals surface area contributed by atoms with E-state index in [-0.39, 0.29) is 0 Å². The van der Waals surface area contributed by atoms with Crippen LogP contribution in [0.5, 0.6) is 5.75 Å². The normalized spacial score (nSPS) is 11.9. The summed E-state index contributed by atoms with van der Waals surface area (Å²) in [4.78, 5) is 2.09. The van der Waals surface area contributed by atoms with Crippen molar-refractivity contribution in [3.8, 4) is 5.75 Å². The topological polar surface area (TPSA) is 32.7 Å². The van der Waals surface area contributed by atoms with Crippen LogP contribution in [0.4, 0.5) is 0 Å². The van der Waals surface area contributed by atoms with Crippen molar-refractivity contribution in [1.82, 2.24) is 4.90 Å². The molecule has 0 amide bonds. The van der Waals surface area contributed by atoms with E-state index < -0.39 is 5.60 Å². The van der Waals surface area contributed by atoms with E-state index in [1.54, 1.807) is 7.11 Å². The number of hydrogen-bond donors (Lipinski definition) is 1. The fourth-order valence-electron chi connectivity index (χ4n) is 1.80. The molecule has 0 heterocycles. The summed E-state index contributed by atoms with van der Waals surface area (Å²) in [6.45, 7) is 5.08. The molecule has 0 atom stereocenters. The van der Waals surface area contributed by atoms with Crippen LogP contribution < -0.4 is 4.74 Å². The monoisotopic (exact) mass is 223 g/mol. The summed E-state index contributed by atoms with van der Waals surface area (Å²) in [7, 11) is 3.66. The maximum Gasteiger partial charge on any atom is 0.119 e. The molecule has 0 aliphatic carbocycles. The van der Waals surface area contributed by atoms with Crippen molar-refractivity contribution in [2.45, 2.75) is 26.0 Å². The maximum atomic E-state index is 9.70. The van der Waals surface area contributed by atoms with E-state index in [9.17, 15) is 5.11 Å². The van der Waals surface area contributed by atoms with Crippen LogP contribution in [-0.4, -0.2) is 36.3 Å². The van der Waals surface area contributed by atoms with Gasteiger partial charge in [-0.25, -0.2) is 0 Å². The molecule has 16 heavy (non-hydrogen) atoms. The average molecular weight is 223 g/mol. The Morgan fingerprint density at radius 2 is 2.06 bits per heavy atom. The first-order chi connectivity index (χ1) is 7.40. The predicted octanol–water partition coefficient (Wildman–Crippen LogP) is 1.90. The molecule has 90 valence electrons. The van der Waals surface area contributed by atoms with E-state index >= 15 is 0 Å². The van der Waals surface area contributed by atoms with Gasteiger partial charge in [-0.2, -0.15) is 0 Å². The highest BCUT2D eigenvalue weighted by atomic mass is 16.5. The lowest BCUT2D eigenvalue weighted by atomic mass is 10.1. The largest absolute Gasteiger partial charge is 0.497 e. The van der Waals surface area contributed by atoms with Crippen molar-refractivity contribution >= 4 is 0 Å². The zero-order chi connectivity index (χ0) is 12.2. The fourth-order valence-corrected chi connectivity index (χ4v) is 1.80. The molecule has 0 aliphatic heterocycles. The van der Waals surface area contributed by atoms with E-state index in [0.29, 0.717) is 6.54 Å². The zero-order valence-electron chi connectivity index (χ0n) is 10.5. The molecule has 1 N–H and O–H groups in total. The molecule has 1 rings (SSSR count). The van der Waals surface area contributed by atoms with Gasteiger partial charge in [0.05, 0.1) is 12.7 Å². The number of methoxy groups -OCH3 is 1. The molecule has 0 bridgehead atoms. The highest BCUT2D eigenvalue weighted by Crippen LogP contribution is 2.14. The average Bonchev–Trinajstić information content (AvgIpc) is 2.15. The summed E-state index contributed by atoms with van der Waals surface area (Å²) in [5.41, 5.74) is 0.527. The molecule has 0 spiro atoms. The third kappa shape index (κ3) is 4.64. The lowest BCUT2D eigenvalue weighted by Gasteiger charge is -2.25. The first kappa shape index (κ1) is 13.0. The Balaban J connectivity index is 2.59. The Bertz CT molecular complexity index is 331. The number of rotatable bonds is 5. The molecule has 0 fully saturated rings. The van der Waals surface area contributed by atoms with Crippen molar-refractivity contribution in [2.75, 3.05) is 20.7 Å². The molecule has 0 radical (unpaired) electrons. The third-order valence-electron chi connectivity index (χ3n) is 2.24. The molecule has 1 aromatic carbocycles. The van der Waals surface area contributed by atoms with Crippen molar-refractivity contribution in [3.63, 3.8) is 0 Å². The summed E-state index contributed by atoms with van der Waals surface area (Å²) in [6, 6.07) is 7.98. The van der Waals surface area contributed by atoms with E-state index in [1.807, 2.05) is 39.1 Å². The minimum absolute atomic E-state index is 0.643. The molecule has 0 aromatic heterocycles. The summed E-state index contributed by atoms with van der Waals surface area (Å²) >= 11 is 0. The minimum Gasteiger partial charge on any atom is -0.497 e. The first-order valence-electron chi connectivity index (χ1n) is 5.44. The Labute approximate surface area is 97.7 Å².